The second kappa shape index (κ2) is 7.74. The minimum atomic E-state index is -0.258. The summed E-state index contributed by atoms with van der Waals surface area (Å²) in [5.74, 6) is 0.116. The van der Waals surface area contributed by atoms with Crippen LogP contribution in [0.25, 0.3) is 4.96 Å². The largest absolute Gasteiger partial charge is 0.356 e. The summed E-state index contributed by atoms with van der Waals surface area (Å²) in [6, 6.07) is 6.42. The standard InChI is InChI=1S/C18H21FN4OS/c1-12(2)16(13-3-5-14(19)6-4-13)9-17(24)20-8-7-15-10-25-18-21-11-22-23(15)18/h3-6,10-12,16H,7-9H2,1-2H3,(H,20,24). The van der Waals surface area contributed by atoms with Gasteiger partial charge in [-0.05, 0) is 29.5 Å². The number of carbonyl (C=O) groups is 1. The van der Waals surface area contributed by atoms with Crippen molar-refractivity contribution in [2.45, 2.75) is 32.6 Å². The van der Waals surface area contributed by atoms with Gasteiger partial charge in [0, 0.05) is 24.8 Å². The Balaban J connectivity index is 1.55. The van der Waals surface area contributed by atoms with Crippen LogP contribution in [0.1, 0.15) is 37.4 Å². The molecule has 132 valence electrons. The number of nitrogens with one attached hydrogen (secondary N) is 1. The topological polar surface area (TPSA) is 59.3 Å². The molecular weight excluding hydrogens is 339 g/mol. The van der Waals surface area contributed by atoms with E-state index in [-0.39, 0.29) is 17.6 Å². The van der Waals surface area contributed by atoms with E-state index in [1.165, 1.54) is 29.8 Å². The third-order valence-electron chi connectivity index (χ3n) is 4.30. The maximum Gasteiger partial charge on any atom is 0.220 e. The van der Waals surface area contributed by atoms with Gasteiger partial charge >= 0.3 is 0 Å². The predicted molar refractivity (Wildman–Crippen MR) is 96.2 cm³/mol. The second-order valence-electron chi connectivity index (χ2n) is 6.39. The van der Waals surface area contributed by atoms with Crippen molar-refractivity contribution in [1.29, 1.82) is 0 Å². The van der Waals surface area contributed by atoms with E-state index in [4.69, 9.17) is 0 Å². The minimum Gasteiger partial charge on any atom is -0.356 e. The normalized spacial score (nSPS) is 12.6. The van der Waals surface area contributed by atoms with Gasteiger partial charge in [-0.3, -0.25) is 4.79 Å². The van der Waals surface area contributed by atoms with Crippen LogP contribution in [-0.4, -0.2) is 27.0 Å². The quantitative estimate of drug-likeness (QED) is 0.702. The average Bonchev–Trinajstić information content (AvgIpc) is 3.18. The van der Waals surface area contributed by atoms with Gasteiger partial charge in [-0.15, -0.1) is 11.3 Å². The molecule has 1 amide bonds. The summed E-state index contributed by atoms with van der Waals surface area (Å²) in [6.07, 6.45) is 2.63. The summed E-state index contributed by atoms with van der Waals surface area (Å²) >= 11 is 1.54. The van der Waals surface area contributed by atoms with Crippen molar-refractivity contribution < 1.29 is 9.18 Å². The fourth-order valence-electron chi connectivity index (χ4n) is 2.89. The SMILES string of the molecule is CC(C)C(CC(=O)NCCc1csc2ncnn12)c1ccc(F)cc1. The van der Waals surface area contributed by atoms with Crippen LogP contribution in [0.2, 0.25) is 0 Å². The Morgan fingerprint density at radius 3 is 2.80 bits per heavy atom. The van der Waals surface area contributed by atoms with Crippen molar-refractivity contribution in [3.05, 3.63) is 53.0 Å². The maximum atomic E-state index is 13.1. The van der Waals surface area contributed by atoms with Crippen LogP contribution in [0.5, 0.6) is 0 Å². The lowest BCUT2D eigenvalue weighted by Gasteiger charge is -2.21. The Labute approximate surface area is 149 Å². The lowest BCUT2D eigenvalue weighted by atomic mass is 9.85. The molecule has 0 aliphatic heterocycles. The van der Waals surface area contributed by atoms with E-state index < -0.39 is 0 Å². The Morgan fingerprint density at radius 2 is 2.08 bits per heavy atom. The molecule has 0 fully saturated rings. The minimum absolute atomic E-state index is 0.00749. The first kappa shape index (κ1) is 17.5. The number of rotatable bonds is 7. The summed E-state index contributed by atoms with van der Waals surface area (Å²) in [5.41, 5.74) is 2.03. The van der Waals surface area contributed by atoms with E-state index in [1.807, 2.05) is 5.38 Å². The number of halogens is 1. The number of benzene rings is 1. The van der Waals surface area contributed by atoms with Gasteiger partial charge < -0.3 is 5.32 Å². The highest BCUT2D eigenvalue weighted by Gasteiger charge is 2.19. The molecule has 0 radical (unpaired) electrons. The van der Waals surface area contributed by atoms with Crippen LogP contribution in [-0.2, 0) is 11.2 Å². The van der Waals surface area contributed by atoms with E-state index in [9.17, 15) is 9.18 Å². The summed E-state index contributed by atoms with van der Waals surface area (Å²) in [7, 11) is 0. The van der Waals surface area contributed by atoms with Crippen molar-refractivity contribution in [3.63, 3.8) is 0 Å². The fraction of sp³-hybridized carbons (Fsp3) is 0.389. The third-order valence-corrected chi connectivity index (χ3v) is 5.18. The number of hydrogen-bond donors (Lipinski definition) is 1. The highest BCUT2D eigenvalue weighted by Crippen LogP contribution is 2.28. The first-order valence-corrected chi connectivity index (χ1v) is 9.21. The van der Waals surface area contributed by atoms with Crippen molar-refractivity contribution in [2.24, 2.45) is 5.92 Å². The van der Waals surface area contributed by atoms with E-state index in [0.29, 0.717) is 25.3 Å². The molecule has 1 unspecified atom stereocenters. The Kier molecular flexibility index (Phi) is 5.43. The third kappa shape index (κ3) is 4.22. The van der Waals surface area contributed by atoms with Gasteiger partial charge in [-0.25, -0.2) is 13.9 Å². The van der Waals surface area contributed by atoms with Gasteiger partial charge in [0.15, 0.2) is 0 Å². The zero-order valence-corrected chi connectivity index (χ0v) is 15.1. The molecule has 0 saturated heterocycles. The van der Waals surface area contributed by atoms with Crippen LogP contribution >= 0.6 is 11.3 Å². The smallest absolute Gasteiger partial charge is 0.220 e. The first-order valence-electron chi connectivity index (χ1n) is 8.33. The molecule has 2 aromatic heterocycles. The molecule has 0 spiro atoms. The highest BCUT2D eigenvalue weighted by atomic mass is 32.1. The Bertz CT molecular complexity index is 840. The van der Waals surface area contributed by atoms with Crippen molar-refractivity contribution in [2.75, 3.05) is 6.54 Å². The van der Waals surface area contributed by atoms with Gasteiger partial charge in [0.25, 0.3) is 0 Å². The van der Waals surface area contributed by atoms with E-state index in [1.54, 1.807) is 16.6 Å². The maximum absolute atomic E-state index is 13.1. The molecule has 0 saturated carbocycles. The molecule has 1 N–H and O–H groups in total. The van der Waals surface area contributed by atoms with Crippen LogP contribution < -0.4 is 5.32 Å². The number of fused-ring (bicyclic) bond motifs is 1. The van der Waals surface area contributed by atoms with Crippen LogP contribution in [0.15, 0.2) is 36.0 Å². The molecular formula is C18H21FN4OS. The fourth-order valence-corrected chi connectivity index (χ4v) is 3.73. The van der Waals surface area contributed by atoms with E-state index >= 15 is 0 Å². The van der Waals surface area contributed by atoms with E-state index in [0.717, 1.165) is 16.2 Å². The molecule has 2 heterocycles. The molecule has 3 aromatic rings. The highest BCUT2D eigenvalue weighted by molar-refractivity contribution is 7.15. The molecule has 0 aliphatic carbocycles. The van der Waals surface area contributed by atoms with Crippen LogP contribution in [0.4, 0.5) is 4.39 Å². The summed E-state index contributed by atoms with van der Waals surface area (Å²) in [5, 5.41) is 9.15. The van der Waals surface area contributed by atoms with Crippen molar-refractivity contribution in [3.8, 4) is 0 Å². The van der Waals surface area contributed by atoms with Crippen molar-refractivity contribution >= 4 is 22.2 Å². The zero-order valence-electron chi connectivity index (χ0n) is 14.3. The van der Waals surface area contributed by atoms with Crippen LogP contribution in [0, 0.1) is 11.7 Å². The lowest BCUT2D eigenvalue weighted by Crippen LogP contribution is -2.28. The number of thiazole rings is 1. The molecule has 1 aromatic carbocycles. The van der Waals surface area contributed by atoms with Crippen LogP contribution in [0.3, 0.4) is 0 Å². The summed E-state index contributed by atoms with van der Waals surface area (Å²) in [4.78, 5) is 17.3. The van der Waals surface area contributed by atoms with Gasteiger partial charge in [-0.2, -0.15) is 5.10 Å². The van der Waals surface area contributed by atoms with Gasteiger partial charge in [0.05, 0.1) is 5.69 Å². The van der Waals surface area contributed by atoms with Gasteiger partial charge in [0.1, 0.15) is 12.1 Å². The first-order chi connectivity index (χ1) is 12.0. The number of amides is 1. The second-order valence-corrected chi connectivity index (χ2v) is 7.22. The molecule has 25 heavy (non-hydrogen) atoms. The molecule has 5 nitrogen and oxygen atoms in total. The summed E-state index contributed by atoms with van der Waals surface area (Å²) in [6.45, 7) is 4.71. The number of nitrogens with zero attached hydrogens (tertiary/aromatic N) is 3. The predicted octanol–water partition coefficient (Wildman–Crippen LogP) is 3.42. The lowest BCUT2D eigenvalue weighted by molar-refractivity contribution is -0.121. The molecule has 3 rings (SSSR count). The van der Waals surface area contributed by atoms with E-state index in [2.05, 4.69) is 29.2 Å². The number of carbonyl (C=O) groups excluding carboxylic acids is 1. The Hall–Kier alpha value is -2.28. The Morgan fingerprint density at radius 1 is 1.32 bits per heavy atom. The summed E-state index contributed by atoms with van der Waals surface area (Å²) < 4.78 is 14.9. The molecule has 7 heteroatoms. The molecule has 0 bridgehead atoms. The zero-order chi connectivity index (χ0) is 17.8. The van der Waals surface area contributed by atoms with Gasteiger partial charge in [-0.1, -0.05) is 26.0 Å². The molecule has 1 atom stereocenters. The molecule has 0 aliphatic rings. The number of aromatic nitrogens is 3. The number of hydrogen-bond acceptors (Lipinski definition) is 4. The monoisotopic (exact) mass is 360 g/mol. The average molecular weight is 360 g/mol. The van der Waals surface area contributed by atoms with Gasteiger partial charge in [0.2, 0.25) is 10.9 Å². The van der Waals surface area contributed by atoms with Crippen molar-refractivity contribution in [1.82, 2.24) is 19.9 Å².